The summed E-state index contributed by atoms with van der Waals surface area (Å²) in [6, 6.07) is 12.5. The van der Waals surface area contributed by atoms with E-state index in [0.717, 1.165) is 17.5 Å². The number of carbonyl (C=O) groups excluding carboxylic acids is 1. The SMILES string of the molecule is Cc1ccc(N([C@@H](C)C(=O)N2CCN(c3ccc(F)cc3)CC2)S(C)(=O)=O)cc1. The van der Waals surface area contributed by atoms with Gasteiger partial charge in [-0.3, -0.25) is 9.10 Å². The number of anilines is 2. The molecule has 0 saturated carbocycles. The molecule has 1 fully saturated rings. The second-order valence-corrected chi connectivity index (χ2v) is 9.22. The van der Waals surface area contributed by atoms with Crippen molar-refractivity contribution in [1.82, 2.24) is 4.90 Å². The third-order valence-electron chi connectivity index (χ3n) is 5.14. The minimum absolute atomic E-state index is 0.227. The number of hydrogen-bond donors (Lipinski definition) is 0. The molecule has 0 aromatic heterocycles. The number of rotatable bonds is 5. The molecule has 0 radical (unpaired) electrons. The zero-order valence-electron chi connectivity index (χ0n) is 16.9. The third-order valence-corrected chi connectivity index (χ3v) is 6.38. The first-order valence-electron chi connectivity index (χ1n) is 9.52. The molecule has 1 aliphatic rings. The fourth-order valence-electron chi connectivity index (χ4n) is 3.60. The van der Waals surface area contributed by atoms with Crippen molar-refractivity contribution in [3.8, 4) is 0 Å². The maximum atomic E-state index is 13.1. The van der Waals surface area contributed by atoms with Gasteiger partial charge in [0.05, 0.1) is 11.9 Å². The average Bonchev–Trinajstić information content (AvgIpc) is 2.69. The van der Waals surface area contributed by atoms with Crippen molar-refractivity contribution in [3.05, 3.63) is 59.9 Å². The van der Waals surface area contributed by atoms with Crippen molar-refractivity contribution >= 4 is 27.3 Å². The second-order valence-electron chi connectivity index (χ2n) is 7.36. The van der Waals surface area contributed by atoms with Gasteiger partial charge in [0.25, 0.3) is 0 Å². The predicted molar refractivity (Wildman–Crippen MR) is 113 cm³/mol. The number of benzene rings is 2. The molecule has 2 aromatic carbocycles. The minimum atomic E-state index is -3.63. The molecule has 1 heterocycles. The van der Waals surface area contributed by atoms with E-state index in [0.29, 0.717) is 31.9 Å². The van der Waals surface area contributed by atoms with Crippen molar-refractivity contribution in [2.45, 2.75) is 19.9 Å². The topological polar surface area (TPSA) is 60.9 Å². The Bertz CT molecular complexity index is 954. The highest BCUT2D eigenvalue weighted by Gasteiger charge is 2.33. The first kappa shape index (κ1) is 21.1. The van der Waals surface area contributed by atoms with Gasteiger partial charge >= 0.3 is 0 Å². The highest BCUT2D eigenvalue weighted by molar-refractivity contribution is 7.92. The second kappa shape index (κ2) is 8.41. The third kappa shape index (κ3) is 4.87. The molecule has 1 aliphatic heterocycles. The Morgan fingerprint density at radius 2 is 1.55 bits per heavy atom. The number of amides is 1. The molecule has 0 bridgehead atoms. The molecule has 0 N–H and O–H groups in total. The summed E-state index contributed by atoms with van der Waals surface area (Å²) in [5, 5.41) is 0. The lowest BCUT2D eigenvalue weighted by atomic mass is 10.2. The fourth-order valence-corrected chi connectivity index (χ4v) is 4.76. The van der Waals surface area contributed by atoms with Crippen molar-refractivity contribution in [2.24, 2.45) is 0 Å². The van der Waals surface area contributed by atoms with E-state index in [2.05, 4.69) is 4.90 Å². The maximum Gasteiger partial charge on any atom is 0.246 e. The van der Waals surface area contributed by atoms with Crippen molar-refractivity contribution in [2.75, 3.05) is 41.6 Å². The van der Waals surface area contributed by atoms with Crippen LogP contribution >= 0.6 is 0 Å². The molecule has 3 rings (SSSR count). The molecule has 2 aromatic rings. The van der Waals surface area contributed by atoms with Gasteiger partial charge in [-0.15, -0.1) is 0 Å². The van der Waals surface area contributed by atoms with Crippen LogP contribution in [0, 0.1) is 12.7 Å². The van der Waals surface area contributed by atoms with Crippen LogP contribution in [0.2, 0.25) is 0 Å². The Labute approximate surface area is 171 Å². The maximum absolute atomic E-state index is 13.1. The highest BCUT2D eigenvalue weighted by Crippen LogP contribution is 2.23. The van der Waals surface area contributed by atoms with Crippen LogP contribution in [-0.2, 0) is 14.8 Å². The van der Waals surface area contributed by atoms with Gasteiger partial charge in [-0.25, -0.2) is 12.8 Å². The zero-order chi connectivity index (χ0) is 21.2. The summed E-state index contributed by atoms with van der Waals surface area (Å²) in [5.74, 6) is -0.511. The van der Waals surface area contributed by atoms with Crippen LogP contribution in [0.3, 0.4) is 0 Å². The quantitative estimate of drug-likeness (QED) is 0.748. The van der Waals surface area contributed by atoms with Gasteiger partial charge in [0.15, 0.2) is 0 Å². The van der Waals surface area contributed by atoms with Crippen molar-refractivity contribution < 1.29 is 17.6 Å². The number of nitrogens with zero attached hydrogens (tertiary/aromatic N) is 3. The van der Waals surface area contributed by atoms with Crippen LogP contribution in [0.15, 0.2) is 48.5 Å². The normalized spacial score (nSPS) is 15.9. The van der Waals surface area contributed by atoms with Crippen LogP contribution in [0.5, 0.6) is 0 Å². The van der Waals surface area contributed by atoms with E-state index in [4.69, 9.17) is 0 Å². The predicted octanol–water partition coefficient (Wildman–Crippen LogP) is 2.64. The van der Waals surface area contributed by atoms with Crippen molar-refractivity contribution in [1.29, 1.82) is 0 Å². The molecule has 1 saturated heterocycles. The summed E-state index contributed by atoms with van der Waals surface area (Å²) in [6.45, 7) is 5.71. The molecule has 6 nitrogen and oxygen atoms in total. The van der Waals surface area contributed by atoms with Gasteiger partial charge < -0.3 is 9.80 Å². The Balaban J connectivity index is 1.71. The molecular weight excluding hydrogens is 393 g/mol. The molecule has 0 aliphatic carbocycles. The van der Waals surface area contributed by atoms with Crippen LogP contribution in [0.25, 0.3) is 0 Å². The van der Waals surface area contributed by atoms with Gasteiger partial charge in [0.2, 0.25) is 15.9 Å². The standard InChI is InChI=1S/C21H26FN3O3S/c1-16-4-8-20(9-5-16)25(29(3,27)28)17(2)21(26)24-14-12-23(13-15-24)19-10-6-18(22)7-11-19/h4-11,17H,12-15H2,1-3H3/t17-/m0/s1. The summed E-state index contributed by atoms with van der Waals surface area (Å²) in [5.41, 5.74) is 2.39. The van der Waals surface area contributed by atoms with Crippen LogP contribution < -0.4 is 9.21 Å². The summed E-state index contributed by atoms with van der Waals surface area (Å²) >= 11 is 0. The van der Waals surface area contributed by atoms with Crippen LogP contribution in [-0.4, -0.2) is 57.7 Å². The highest BCUT2D eigenvalue weighted by atomic mass is 32.2. The van der Waals surface area contributed by atoms with Gasteiger partial charge in [-0.2, -0.15) is 0 Å². The largest absolute Gasteiger partial charge is 0.368 e. The van der Waals surface area contributed by atoms with E-state index >= 15 is 0 Å². The fraction of sp³-hybridized carbons (Fsp3) is 0.381. The monoisotopic (exact) mass is 419 g/mol. The molecular formula is C21H26FN3O3S. The van der Waals surface area contributed by atoms with E-state index in [1.165, 1.54) is 16.4 Å². The van der Waals surface area contributed by atoms with E-state index in [1.807, 2.05) is 19.1 Å². The van der Waals surface area contributed by atoms with Gasteiger partial charge in [-0.05, 0) is 50.2 Å². The molecule has 0 spiro atoms. The van der Waals surface area contributed by atoms with Gasteiger partial charge in [0.1, 0.15) is 11.9 Å². The summed E-state index contributed by atoms with van der Waals surface area (Å²) in [7, 11) is -3.63. The van der Waals surface area contributed by atoms with Crippen molar-refractivity contribution in [3.63, 3.8) is 0 Å². The van der Waals surface area contributed by atoms with Gasteiger partial charge in [0, 0.05) is 31.9 Å². The Kier molecular flexibility index (Phi) is 6.12. The summed E-state index contributed by atoms with van der Waals surface area (Å²) < 4.78 is 39.2. The Morgan fingerprint density at radius 1 is 1.00 bits per heavy atom. The first-order chi connectivity index (χ1) is 13.7. The van der Waals surface area contributed by atoms with Gasteiger partial charge in [-0.1, -0.05) is 17.7 Å². The lowest BCUT2D eigenvalue weighted by Crippen LogP contribution is -2.55. The van der Waals surface area contributed by atoms with E-state index in [9.17, 15) is 17.6 Å². The summed E-state index contributed by atoms with van der Waals surface area (Å²) in [4.78, 5) is 16.8. The number of sulfonamides is 1. The minimum Gasteiger partial charge on any atom is -0.368 e. The first-order valence-corrected chi connectivity index (χ1v) is 11.4. The molecule has 1 atom stereocenters. The van der Waals surface area contributed by atoms with E-state index < -0.39 is 16.1 Å². The van der Waals surface area contributed by atoms with E-state index in [-0.39, 0.29) is 11.7 Å². The lowest BCUT2D eigenvalue weighted by Gasteiger charge is -2.39. The summed E-state index contributed by atoms with van der Waals surface area (Å²) in [6.07, 6.45) is 1.11. The smallest absolute Gasteiger partial charge is 0.246 e. The molecule has 156 valence electrons. The Morgan fingerprint density at radius 3 is 2.07 bits per heavy atom. The van der Waals surface area contributed by atoms with Crippen LogP contribution in [0.4, 0.5) is 15.8 Å². The number of carbonyl (C=O) groups is 1. The van der Waals surface area contributed by atoms with E-state index in [1.54, 1.807) is 36.1 Å². The molecule has 29 heavy (non-hydrogen) atoms. The number of aryl methyl sites for hydroxylation is 1. The average molecular weight is 420 g/mol. The molecule has 0 unspecified atom stereocenters. The zero-order valence-corrected chi connectivity index (χ0v) is 17.7. The number of halogens is 1. The molecule has 8 heteroatoms. The Hall–Kier alpha value is -2.61. The number of hydrogen-bond acceptors (Lipinski definition) is 4. The number of piperazine rings is 1. The lowest BCUT2D eigenvalue weighted by molar-refractivity contribution is -0.132. The van der Waals surface area contributed by atoms with Crippen LogP contribution in [0.1, 0.15) is 12.5 Å². The molecule has 1 amide bonds.